The lowest BCUT2D eigenvalue weighted by Crippen LogP contribution is -2.30. The maximum atomic E-state index is 12.4. The molecule has 1 N–H and O–H groups in total. The number of hydrogen-bond acceptors (Lipinski definition) is 4. The molecule has 1 amide bonds. The van der Waals surface area contributed by atoms with Crippen LogP contribution in [0.5, 0.6) is 5.75 Å². The molecule has 138 valence electrons. The van der Waals surface area contributed by atoms with Crippen molar-refractivity contribution in [2.45, 2.75) is 20.0 Å². The Morgan fingerprint density at radius 3 is 2.44 bits per heavy atom. The third kappa shape index (κ3) is 4.26. The van der Waals surface area contributed by atoms with E-state index in [1.807, 2.05) is 55.5 Å². The Hall–Kier alpha value is -3.34. The second-order valence-electron chi connectivity index (χ2n) is 6.30. The summed E-state index contributed by atoms with van der Waals surface area (Å²) in [6, 6.07) is 18.7. The van der Waals surface area contributed by atoms with E-state index in [4.69, 9.17) is 9.47 Å². The summed E-state index contributed by atoms with van der Waals surface area (Å²) in [4.78, 5) is 24.9. The van der Waals surface area contributed by atoms with Crippen molar-refractivity contribution < 1.29 is 19.1 Å². The van der Waals surface area contributed by atoms with Crippen molar-refractivity contribution in [3.8, 4) is 5.75 Å². The van der Waals surface area contributed by atoms with Gasteiger partial charge < -0.3 is 14.8 Å². The number of esters is 1. The van der Waals surface area contributed by atoms with E-state index in [9.17, 15) is 9.59 Å². The third-order valence-electron chi connectivity index (χ3n) is 4.24. The molecule has 3 aromatic rings. The molecule has 1 atom stereocenters. The van der Waals surface area contributed by atoms with E-state index >= 15 is 0 Å². The molecule has 0 radical (unpaired) electrons. The molecule has 3 rings (SSSR count). The van der Waals surface area contributed by atoms with E-state index in [1.165, 1.54) is 14.0 Å². The Kier molecular flexibility index (Phi) is 5.41. The van der Waals surface area contributed by atoms with E-state index in [0.717, 1.165) is 16.3 Å². The first-order valence-corrected chi connectivity index (χ1v) is 8.63. The summed E-state index contributed by atoms with van der Waals surface area (Å²) < 4.78 is 10.5. The van der Waals surface area contributed by atoms with Gasteiger partial charge in [0.15, 0.2) is 6.10 Å². The Labute approximate surface area is 157 Å². The van der Waals surface area contributed by atoms with Crippen LogP contribution in [0.2, 0.25) is 0 Å². The summed E-state index contributed by atoms with van der Waals surface area (Å²) in [5.41, 5.74) is 1.84. The summed E-state index contributed by atoms with van der Waals surface area (Å²) in [6.07, 6.45) is -0.950. The molecule has 0 aromatic heterocycles. The zero-order valence-corrected chi connectivity index (χ0v) is 15.5. The molecule has 5 nitrogen and oxygen atoms in total. The van der Waals surface area contributed by atoms with Crippen molar-refractivity contribution in [1.82, 2.24) is 0 Å². The fourth-order valence-electron chi connectivity index (χ4n) is 2.77. The summed E-state index contributed by atoms with van der Waals surface area (Å²) in [5.74, 6) is -0.588. The van der Waals surface area contributed by atoms with Gasteiger partial charge in [-0.1, -0.05) is 42.0 Å². The van der Waals surface area contributed by atoms with Crippen LogP contribution in [-0.4, -0.2) is 25.1 Å². The van der Waals surface area contributed by atoms with E-state index in [1.54, 1.807) is 12.1 Å². The number of rotatable bonds is 5. The largest absolute Gasteiger partial charge is 0.496 e. The molecule has 0 aliphatic carbocycles. The van der Waals surface area contributed by atoms with Gasteiger partial charge in [0.2, 0.25) is 0 Å². The molecule has 5 heteroatoms. The van der Waals surface area contributed by atoms with Crippen LogP contribution in [0.4, 0.5) is 5.69 Å². The van der Waals surface area contributed by atoms with Crippen molar-refractivity contribution in [1.29, 1.82) is 0 Å². The number of benzene rings is 3. The highest BCUT2D eigenvalue weighted by molar-refractivity contribution is 5.99. The standard InChI is InChI=1S/C22H21NO4/c1-14-8-11-20(26-3)19(12-14)22(25)27-15(2)21(24)23-18-10-9-16-6-4-5-7-17(16)13-18/h4-13,15H,1-3H3,(H,23,24)/t15-/m0/s1. The predicted octanol–water partition coefficient (Wildman–Crippen LogP) is 4.34. The first kappa shape index (κ1) is 18.5. The number of methoxy groups -OCH3 is 1. The summed E-state index contributed by atoms with van der Waals surface area (Å²) in [7, 11) is 1.48. The van der Waals surface area contributed by atoms with Crippen molar-refractivity contribution in [2.24, 2.45) is 0 Å². The van der Waals surface area contributed by atoms with Crippen LogP contribution in [-0.2, 0) is 9.53 Å². The van der Waals surface area contributed by atoms with Crippen molar-refractivity contribution in [3.05, 3.63) is 71.8 Å². The third-order valence-corrected chi connectivity index (χ3v) is 4.24. The topological polar surface area (TPSA) is 64.6 Å². The van der Waals surface area contributed by atoms with Gasteiger partial charge in [-0.25, -0.2) is 4.79 Å². The average Bonchev–Trinajstić information content (AvgIpc) is 2.67. The van der Waals surface area contributed by atoms with Crippen LogP contribution in [0.15, 0.2) is 60.7 Å². The van der Waals surface area contributed by atoms with Crippen LogP contribution < -0.4 is 10.1 Å². The lowest BCUT2D eigenvalue weighted by Gasteiger charge is -2.15. The number of ether oxygens (including phenoxy) is 2. The number of fused-ring (bicyclic) bond motifs is 1. The summed E-state index contributed by atoms with van der Waals surface area (Å²) in [5, 5.41) is 4.89. The summed E-state index contributed by atoms with van der Waals surface area (Å²) in [6.45, 7) is 3.41. The molecule has 27 heavy (non-hydrogen) atoms. The zero-order chi connectivity index (χ0) is 19.4. The highest BCUT2D eigenvalue weighted by Crippen LogP contribution is 2.22. The maximum Gasteiger partial charge on any atom is 0.342 e. The molecule has 0 spiro atoms. The maximum absolute atomic E-state index is 12.4. The first-order chi connectivity index (χ1) is 13.0. The fraction of sp³-hybridized carbons (Fsp3) is 0.182. The molecule has 0 unspecified atom stereocenters. The Morgan fingerprint density at radius 1 is 0.963 bits per heavy atom. The van der Waals surface area contributed by atoms with Gasteiger partial charge in [-0.2, -0.15) is 0 Å². The minimum atomic E-state index is -0.950. The predicted molar refractivity (Wildman–Crippen MR) is 105 cm³/mol. The Morgan fingerprint density at radius 2 is 1.70 bits per heavy atom. The normalized spacial score (nSPS) is 11.7. The quantitative estimate of drug-likeness (QED) is 0.685. The molecule has 0 heterocycles. The van der Waals surface area contributed by atoms with E-state index in [-0.39, 0.29) is 0 Å². The number of nitrogens with one attached hydrogen (secondary N) is 1. The smallest absolute Gasteiger partial charge is 0.342 e. The fourth-order valence-corrected chi connectivity index (χ4v) is 2.77. The second kappa shape index (κ2) is 7.91. The number of amides is 1. The monoisotopic (exact) mass is 363 g/mol. The Bertz CT molecular complexity index is 997. The Balaban J connectivity index is 1.69. The number of anilines is 1. The molecular formula is C22H21NO4. The number of aryl methyl sites for hydroxylation is 1. The van der Waals surface area contributed by atoms with Crippen LogP contribution in [0, 0.1) is 6.92 Å². The van der Waals surface area contributed by atoms with Crippen LogP contribution in [0.1, 0.15) is 22.8 Å². The SMILES string of the molecule is COc1ccc(C)cc1C(=O)O[C@@H](C)C(=O)Nc1ccc2ccccc2c1. The van der Waals surface area contributed by atoms with Gasteiger partial charge in [0, 0.05) is 5.69 Å². The van der Waals surface area contributed by atoms with Crippen molar-refractivity contribution in [2.75, 3.05) is 12.4 Å². The van der Waals surface area contributed by atoms with E-state index < -0.39 is 18.0 Å². The molecule has 0 aliphatic rings. The van der Waals surface area contributed by atoms with Gasteiger partial charge in [0.05, 0.1) is 7.11 Å². The molecule has 0 bridgehead atoms. The van der Waals surface area contributed by atoms with Gasteiger partial charge in [0.25, 0.3) is 5.91 Å². The van der Waals surface area contributed by atoms with Crippen LogP contribution in [0.3, 0.4) is 0 Å². The average molecular weight is 363 g/mol. The molecule has 0 aliphatic heterocycles. The highest BCUT2D eigenvalue weighted by Gasteiger charge is 2.21. The molecular weight excluding hydrogens is 342 g/mol. The van der Waals surface area contributed by atoms with E-state index in [2.05, 4.69) is 5.32 Å². The lowest BCUT2D eigenvalue weighted by atomic mass is 10.1. The van der Waals surface area contributed by atoms with Crippen molar-refractivity contribution >= 4 is 28.3 Å². The van der Waals surface area contributed by atoms with Gasteiger partial charge in [0.1, 0.15) is 11.3 Å². The van der Waals surface area contributed by atoms with Gasteiger partial charge >= 0.3 is 5.97 Å². The number of hydrogen-bond donors (Lipinski definition) is 1. The number of carbonyl (C=O) groups excluding carboxylic acids is 2. The van der Waals surface area contributed by atoms with E-state index in [0.29, 0.717) is 17.0 Å². The van der Waals surface area contributed by atoms with Crippen molar-refractivity contribution in [3.63, 3.8) is 0 Å². The first-order valence-electron chi connectivity index (χ1n) is 8.63. The zero-order valence-electron chi connectivity index (χ0n) is 15.5. The van der Waals surface area contributed by atoms with Gasteiger partial charge in [-0.05, 0) is 48.9 Å². The minimum absolute atomic E-state index is 0.294. The van der Waals surface area contributed by atoms with Gasteiger partial charge in [-0.15, -0.1) is 0 Å². The minimum Gasteiger partial charge on any atom is -0.496 e. The lowest BCUT2D eigenvalue weighted by molar-refractivity contribution is -0.123. The molecule has 0 saturated carbocycles. The van der Waals surface area contributed by atoms with Crippen LogP contribution in [0.25, 0.3) is 10.8 Å². The van der Waals surface area contributed by atoms with Crippen LogP contribution >= 0.6 is 0 Å². The molecule has 3 aromatic carbocycles. The highest BCUT2D eigenvalue weighted by atomic mass is 16.5. The molecule has 0 saturated heterocycles. The number of carbonyl (C=O) groups is 2. The summed E-state index contributed by atoms with van der Waals surface area (Å²) >= 11 is 0. The molecule has 0 fully saturated rings. The second-order valence-corrected chi connectivity index (χ2v) is 6.30. The van der Waals surface area contributed by atoms with Gasteiger partial charge in [-0.3, -0.25) is 4.79 Å².